The normalized spacial score (nSPS) is 11.4. The van der Waals surface area contributed by atoms with Gasteiger partial charge in [-0.3, -0.25) is 9.59 Å². The molecule has 1 aromatic rings. The molecule has 0 aromatic carbocycles. The Kier molecular flexibility index (Phi) is 6.57. The maximum Gasteiger partial charge on any atom is 0.354 e. The van der Waals surface area contributed by atoms with Crippen molar-refractivity contribution in [3.8, 4) is 0 Å². The largest absolute Gasteiger partial charge is 0.464 e. The molecular formula is C19H30N2O4. The fraction of sp³-hybridized carbons (Fsp3) is 0.632. The van der Waals surface area contributed by atoms with Crippen molar-refractivity contribution in [1.82, 2.24) is 9.47 Å². The molecule has 0 N–H and O–H groups in total. The second-order valence-corrected chi connectivity index (χ2v) is 7.16. The summed E-state index contributed by atoms with van der Waals surface area (Å²) >= 11 is 0. The van der Waals surface area contributed by atoms with Crippen LogP contribution in [0.5, 0.6) is 0 Å². The molecule has 0 radical (unpaired) electrons. The number of nitrogens with zero attached hydrogens (tertiary/aromatic N) is 2. The molecule has 1 aromatic heterocycles. The van der Waals surface area contributed by atoms with Gasteiger partial charge in [-0.1, -0.05) is 20.8 Å². The van der Waals surface area contributed by atoms with Crippen LogP contribution in [0.1, 0.15) is 66.7 Å². The van der Waals surface area contributed by atoms with E-state index in [-0.39, 0.29) is 18.2 Å². The summed E-state index contributed by atoms with van der Waals surface area (Å²) < 4.78 is 6.65. The van der Waals surface area contributed by atoms with Crippen molar-refractivity contribution in [2.75, 3.05) is 20.2 Å². The quantitative estimate of drug-likeness (QED) is 0.584. The van der Waals surface area contributed by atoms with E-state index in [0.29, 0.717) is 29.9 Å². The first-order valence-corrected chi connectivity index (χ1v) is 8.61. The highest BCUT2D eigenvalue weighted by atomic mass is 16.5. The van der Waals surface area contributed by atoms with Gasteiger partial charge < -0.3 is 14.2 Å². The minimum Gasteiger partial charge on any atom is -0.464 e. The number of methoxy groups -OCH3 is 1. The molecule has 0 fully saturated rings. The number of hydrogen-bond acceptors (Lipinski definition) is 4. The van der Waals surface area contributed by atoms with Crippen LogP contribution in [0, 0.1) is 19.3 Å². The molecule has 6 heteroatoms. The lowest BCUT2D eigenvalue weighted by Crippen LogP contribution is -2.42. The summed E-state index contributed by atoms with van der Waals surface area (Å²) in [7, 11) is 1.33. The van der Waals surface area contributed by atoms with Crippen LogP contribution in [0.25, 0.3) is 0 Å². The minimum absolute atomic E-state index is 0.00260. The summed E-state index contributed by atoms with van der Waals surface area (Å²) in [5.74, 6) is -0.687. The molecule has 0 aliphatic heterocycles. The smallest absolute Gasteiger partial charge is 0.354 e. The SMILES string of the molecule is CCN(CC(=O)c1c(C)c(C(=O)OC)n(CC)c1C)C(=O)C(C)(C)C. The van der Waals surface area contributed by atoms with E-state index in [4.69, 9.17) is 4.74 Å². The van der Waals surface area contributed by atoms with Gasteiger partial charge in [-0.2, -0.15) is 0 Å². The lowest BCUT2D eigenvalue weighted by Gasteiger charge is -2.28. The van der Waals surface area contributed by atoms with Crippen LogP contribution in [0.3, 0.4) is 0 Å². The highest BCUT2D eigenvalue weighted by molar-refractivity contribution is 6.04. The van der Waals surface area contributed by atoms with Gasteiger partial charge in [-0.05, 0) is 33.3 Å². The average Bonchev–Trinajstić information content (AvgIpc) is 2.80. The van der Waals surface area contributed by atoms with Crippen molar-refractivity contribution in [3.05, 3.63) is 22.5 Å². The molecule has 6 nitrogen and oxygen atoms in total. The van der Waals surface area contributed by atoms with E-state index in [1.807, 2.05) is 41.5 Å². The number of carbonyl (C=O) groups excluding carboxylic acids is 3. The zero-order valence-corrected chi connectivity index (χ0v) is 16.6. The molecule has 0 unspecified atom stereocenters. The second kappa shape index (κ2) is 7.85. The van der Waals surface area contributed by atoms with Gasteiger partial charge in [-0.15, -0.1) is 0 Å². The topological polar surface area (TPSA) is 68.6 Å². The van der Waals surface area contributed by atoms with Crippen LogP contribution >= 0.6 is 0 Å². The van der Waals surface area contributed by atoms with Crippen molar-refractivity contribution in [3.63, 3.8) is 0 Å². The molecule has 0 aliphatic rings. The molecule has 25 heavy (non-hydrogen) atoms. The highest BCUT2D eigenvalue weighted by Gasteiger charge is 2.31. The van der Waals surface area contributed by atoms with E-state index in [0.717, 1.165) is 5.69 Å². The van der Waals surface area contributed by atoms with Crippen LogP contribution in [0.15, 0.2) is 0 Å². The van der Waals surface area contributed by atoms with Gasteiger partial charge >= 0.3 is 5.97 Å². The molecule has 0 bridgehead atoms. The van der Waals surface area contributed by atoms with Gasteiger partial charge in [0.15, 0.2) is 5.78 Å². The maximum atomic E-state index is 12.9. The first-order chi connectivity index (χ1) is 11.5. The molecular weight excluding hydrogens is 320 g/mol. The number of esters is 1. The molecule has 1 amide bonds. The molecule has 1 heterocycles. The Balaban J connectivity index is 3.28. The number of Topliss-reactive ketones (excluding diaryl/α,β-unsaturated/α-hetero) is 1. The van der Waals surface area contributed by atoms with Crippen molar-refractivity contribution in [1.29, 1.82) is 0 Å². The molecule has 140 valence electrons. The predicted molar refractivity (Wildman–Crippen MR) is 97.0 cm³/mol. The number of carbonyl (C=O) groups is 3. The Bertz CT molecular complexity index is 681. The van der Waals surface area contributed by atoms with Gasteiger partial charge in [0.25, 0.3) is 0 Å². The van der Waals surface area contributed by atoms with Gasteiger partial charge in [0.2, 0.25) is 5.91 Å². The lowest BCUT2D eigenvalue weighted by atomic mass is 9.94. The summed E-state index contributed by atoms with van der Waals surface area (Å²) in [4.78, 5) is 39.1. The third-order valence-corrected chi connectivity index (χ3v) is 4.39. The van der Waals surface area contributed by atoms with Crippen molar-refractivity contribution < 1.29 is 19.1 Å². The van der Waals surface area contributed by atoms with Crippen LogP contribution in [-0.4, -0.2) is 47.3 Å². The van der Waals surface area contributed by atoms with E-state index < -0.39 is 11.4 Å². The van der Waals surface area contributed by atoms with Crippen LogP contribution < -0.4 is 0 Å². The Morgan fingerprint density at radius 2 is 1.68 bits per heavy atom. The summed E-state index contributed by atoms with van der Waals surface area (Å²) in [5, 5.41) is 0. The van der Waals surface area contributed by atoms with Crippen molar-refractivity contribution in [2.24, 2.45) is 5.41 Å². The summed E-state index contributed by atoms with van der Waals surface area (Å²) in [5.41, 5.74) is 1.69. The zero-order chi connectivity index (χ0) is 19.5. The monoisotopic (exact) mass is 350 g/mol. The number of amides is 1. The number of aromatic nitrogens is 1. The maximum absolute atomic E-state index is 12.9. The minimum atomic E-state index is -0.549. The van der Waals surface area contributed by atoms with Crippen LogP contribution in [0.2, 0.25) is 0 Å². The van der Waals surface area contributed by atoms with E-state index in [1.165, 1.54) is 7.11 Å². The second-order valence-electron chi connectivity index (χ2n) is 7.16. The number of rotatable bonds is 6. The molecule has 0 aliphatic carbocycles. The van der Waals surface area contributed by atoms with E-state index in [2.05, 4.69) is 0 Å². The molecule has 0 atom stereocenters. The Morgan fingerprint density at radius 3 is 2.08 bits per heavy atom. The Hall–Kier alpha value is -2.11. The lowest BCUT2D eigenvalue weighted by molar-refractivity contribution is -0.138. The first kappa shape index (κ1) is 20.9. The van der Waals surface area contributed by atoms with Gasteiger partial charge in [-0.25, -0.2) is 4.79 Å². The number of ether oxygens (including phenoxy) is 1. The molecule has 0 saturated heterocycles. The molecule has 1 rings (SSSR count). The van der Waals surface area contributed by atoms with Crippen molar-refractivity contribution >= 4 is 17.7 Å². The number of hydrogen-bond donors (Lipinski definition) is 0. The third-order valence-electron chi connectivity index (χ3n) is 4.39. The fourth-order valence-corrected chi connectivity index (χ4v) is 3.11. The van der Waals surface area contributed by atoms with E-state index in [9.17, 15) is 14.4 Å². The summed E-state index contributed by atoms with van der Waals surface area (Å²) in [6.45, 7) is 13.9. The van der Waals surface area contributed by atoms with Crippen LogP contribution in [-0.2, 0) is 16.1 Å². The first-order valence-electron chi connectivity index (χ1n) is 8.61. The number of likely N-dealkylation sites (N-methyl/N-ethyl adjacent to an activating group) is 1. The Labute approximate surface area is 150 Å². The van der Waals surface area contributed by atoms with Gasteiger partial charge in [0, 0.05) is 29.8 Å². The third kappa shape index (κ3) is 4.11. The summed E-state index contributed by atoms with van der Waals surface area (Å²) in [6.07, 6.45) is 0. The van der Waals surface area contributed by atoms with Crippen molar-refractivity contribution in [2.45, 2.75) is 55.0 Å². The Morgan fingerprint density at radius 1 is 1.12 bits per heavy atom. The standard InChI is InChI=1S/C19H30N2O4/c1-9-20(18(24)19(5,6)7)11-14(22)15-12(3)16(17(23)25-8)21(10-2)13(15)4/h9-11H2,1-8H3. The summed E-state index contributed by atoms with van der Waals surface area (Å²) in [6, 6.07) is 0. The predicted octanol–water partition coefficient (Wildman–Crippen LogP) is 2.99. The zero-order valence-electron chi connectivity index (χ0n) is 16.6. The van der Waals surface area contributed by atoms with E-state index >= 15 is 0 Å². The number of ketones is 1. The highest BCUT2D eigenvalue weighted by Crippen LogP contribution is 2.25. The van der Waals surface area contributed by atoms with E-state index in [1.54, 1.807) is 16.4 Å². The van der Waals surface area contributed by atoms with Gasteiger partial charge in [0.05, 0.1) is 13.7 Å². The molecule has 0 saturated carbocycles. The van der Waals surface area contributed by atoms with Crippen LogP contribution in [0.4, 0.5) is 0 Å². The molecule has 0 spiro atoms. The average molecular weight is 350 g/mol. The fourth-order valence-electron chi connectivity index (χ4n) is 3.11. The van der Waals surface area contributed by atoms with Gasteiger partial charge in [0.1, 0.15) is 5.69 Å².